The molecular formula is C26H17F2N3O2S2. The highest BCUT2D eigenvalue weighted by atomic mass is 32.2. The number of hydrogen-bond acceptors (Lipinski definition) is 5. The van der Waals surface area contributed by atoms with Gasteiger partial charge in [0.25, 0.3) is 5.56 Å². The molecule has 0 aliphatic rings. The van der Waals surface area contributed by atoms with Crippen LogP contribution in [0.1, 0.15) is 0 Å². The van der Waals surface area contributed by atoms with Crippen molar-refractivity contribution in [3.8, 4) is 16.8 Å². The number of rotatable bonds is 6. The number of amides is 1. The Balaban J connectivity index is 1.54. The molecule has 0 saturated heterocycles. The van der Waals surface area contributed by atoms with Gasteiger partial charge in [-0.25, -0.2) is 13.8 Å². The van der Waals surface area contributed by atoms with Crippen molar-refractivity contribution in [1.82, 2.24) is 9.55 Å². The number of aromatic nitrogens is 2. The van der Waals surface area contributed by atoms with Gasteiger partial charge in [0.1, 0.15) is 16.5 Å². The average molecular weight is 506 g/mol. The predicted molar refractivity (Wildman–Crippen MR) is 136 cm³/mol. The van der Waals surface area contributed by atoms with Crippen LogP contribution in [0.25, 0.3) is 27.0 Å². The van der Waals surface area contributed by atoms with Crippen LogP contribution >= 0.6 is 23.1 Å². The molecule has 0 fully saturated rings. The van der Waals surface area contributed by atoms with Gasteiger partial charge in [-0.15, -0.1) is 11.3 Å². The van der Waals surface area contributed by atoms with E-state index in [1.165, 1.54) is 40.2 Å². The molecule has 1 N–H and O–H groups in total. The number of halogens is 2. The Bertz CT molecular complexity index is 1580. The van der Waals surface area contributed by atoms with Gasteiger partial charge in [0.15, 0.2) is 5.16 Å². The van der Waals surface area contributed by atoms with Crippen molar-refractivity contribution in [3.05, 3.63) is 106 Å². The summed E-state index contributed by atoms with van der Waals surface area (Å²) in [5.41, 5.74) is 1.77. The number of fused-ring (bicyclic) bond motifs is 1. The molecule has 35 heavy (non-hydrogen) atoms. The molecule has 5 rings (SSSR count). The molecule has 0 atom stereocenters. The second kappa shape index (κ2) is 9.81. The minimum Gasteiger partial charge on any atom is -0.323 e. The lowest BCUT2D eigenvalue weighted by molar-refractivity contribution is -0.113. The van der Waals surface area contributed by atoms with Crippen LogP contribution in [0, 0.1) is 11.6 Å². The summed E-state index contributed by atoms with van der Waals surface area (Å²) < 4.78 is 28.8. The summed E-state index contributed by atoms with van der Waals surface area (Å²) in [5, 5.41) is 5.12. The molecule has 0 bridgehead atoms. The quantitative estimate of drug-likeness (QED) is 0.223. The van der Waals surface area contributed by atoms with Crippen molar-refractivity contribution < 1.29 is 13.6 Å². The number of nitrogens with one attached hydrogen (secondary N) is 1. The van der Waals surface area contributed by atoms with Crippen LogP contribution in [0.3, 0.4) is 0 Å². The van der Waals surface area contributed by atoms with E-state index in [0.29, 0.717) is 32.2 Å². The standard InChI is InChI=1S/C26H17F2N3O2S2/c27-17-12-10-16(11-13-17)19-14-34-24-23(19)25(33)31(18-6-2-1-3-7-18)26(30-24)35-15-22(32)29-21-9-5-4-8-20(21)28/h1-14H,15H2,(H,29,32). The van der Waals surface area contributed by atoms with Crippen LogP contribution in [0.15, 0.2) is 94.2 Å². The van der Waals surface area contributed by atoms with E-state index in [4.69, 9.17) is 0 Å². The molecular weight excluding hydrogens is 488 g/mol. The highest BCUT2D eigenvalue weighted by Crippen LogP contribution is 2.33. The fraction of sp³-hybridized carbons (Fsp3) is 0.0385. The summed E-state index contributed by atoms with van der Waals surface area (Å²) in [4.78, 5) is 31.5. The second-order valence-electron chi connectivity index (χ2n) is 7.52. The number of nitrogens with zero attached hydrogens (tertiary/aromatic N) is 2. The molecule has 2 heterocycles. The smallest absolute Gasteiger partial charge is 0.268 e. The lowest BCUT2D eigenvalue weighted by Gasteiger charge is -2.13. The average Bonchev–Trinajstić information content (AvgIpc) is 3.29. The van der Waals surface area contributed by atoms with Crippen LogP contribution in [0.5, 0.6) is 0 Å². The number of hydrogen-bond donors (Lipinski definition) is 1. The van der Waals surface area contributed by atoms with Crippen LogP contribution in [-0.2, 0) is 4.79 Å². The zero-order valence-corrected chi connectivity index (χ0v) is 19.7. The highest BCUT2D eigenvalue weighted by molar-refractivity contribution is 7.99. The Morgan fingerprint density at radius 1 is 0.971 bits per heavy atom. The van der Waals surface area contributed by atoms with E-state index in [-0.39, 0.29) is 22.8 Å². The van der Waals surface area contributed by atoms with Crippen LogP contribution in [-0.4, -0.2) is 21.2 Å². The minimum absolute atomic E-state index is 0.0741. The van der Waals surface area contributed by atoms with Crippen molar-refractivity contribution in [2.45, 2.75) is 5.16 Å². The lowest BCUT2D eigenvalue weighted by Crippen LogP contribution is -2.22. The van der Waals surface area contributed by atoms with Crippen molar-refractivity contribution in [1.29, 1.82) is 0 Å². The number of para-hydroxylation sites is 2. The van der Waals surface area contributed by atoms with Crippen molar-refractivity contribution >= 4 is 44.9 Å². The van der Waals surface area contributed by atoms with E-state index < -0.39 is 11.7 Å². The molecule has 0 spiro atoms. The molecule has 5 aromatic rings. The van der Waals surface area contributed by atoms with Crippen LogP contribution < -0.4 is 10.9 Å². The van der Waals surface area contributed by atoms with Gasteiger partial charge in [-0.05, 0) is 42.0 Å². The third-order valence-electron chi connectivity index (χ3n) is 5.23. The SMILES string of the molecule is O=C(CSc1nc2scc(-c3ccc(F)cc3)c2c(=O)n1-c1ccccc1)Nc1ccccc1F. The van der Waals surface area contributed by atoms with E-state index in [2.05, 4.69) is 10.3 Å². The number of thioether (sulfide) groups is 1. The Morgan fingerprint density at radius 3 is 2.43 bits per heavy atom. The maximum atomic E-state index is 13.9. The van der Waals surface area contributed by atoms with E-state index >= 15 is 0 Å². The first-order chi connectivity index (χ1) is 17.0. The molecule has 3 aromatic carbocycles. The summed E-state index contributed by atoms with van der Waals surface area (Å²) in [6, 6.07) is 20.9. The van der Waals surface area contributed by atoms with Gasteiger partial charge in [0.05, 0.1) is 22.5 Å². The van der Waals surface area contributed by atoms with E-state index in [9.17, 15) is 18.4 Å². The summed E-state index contributed by atoms with van der Waals surface area (Å²) in [6.07, 6.45) is 0. The molecule has 0 aliphatic carbocycles. The summed E-state index contributed by atoms with van der Waals surface area (Å²) in [7, 11) is 0. The van der Waals surface area contributed by atoms with Gasteiger partial charge in [0, 0.05) is 10.9 Å². The second-order valence-corrected chi connectivity index (χ2v) is 9.32. The van der Waals surface area contributed by atoms with Crippen molar-refractivity contribution in [2.24, 2.45) is 0 Å². The summed E-state index contributed by atoms with van der Waals surface area (Å²) in [5.74, 6) is -1.39. The van der Waals surface area contributed by atoms with Gasteiger partial charge in [-0.2, -0.15) is 0 Å². The highest BCUT2D eigenvalue weighted by Gasteiger charge is 2.19. The van der Waals surface area contributed by atoms with Crippen LogP contribution in [0.2, 0.25) is 0 Å². The van der Waals surface area contributed by atoms with Gasteiger partial charge in [-0.1, -0.05) is 54.2 Å². The molecule has 1 amide bonds. The zero-order chi connectivity index (χ0) is 24.4. The van der Waals surface area contributed by atoms with E-state index in [1.807, 2.05) is 11.4 Å². The molecule has 9 heteroatoms. The molecule has 0 saturated carbocycles. The molecule has 2 aromatic heterocycles. The van der Waals surface area contributed by atoms with Crippen LogP contribution in [0.4, 0.5) is 14.5 Å². The monoisotopic (exact) mass is 505 g/mol. The van der Waals surface area contributed by atoms with Gasteiger partial charge >= 0.3 is 0 Å². The topological polar surface area (TPSA) is 64.0 Å². The minimum atomic E-state index is -0.529. The predicted octanol–water partition coefficient (Wildman–Crippen LogP) is 6.12. The Hall–Kier alpha value is -3.82. The third kappa shape index (κ3) is 4.73. The Labute approximate surface area is 207 Å². The molecule has 5 nitrogen and oxygen atoms in total. The lowest BCUT2D eigenvalue weighted by atomic mass is 10.1. The fourth-order valence-electron chi connectivity index (χ4n) is 3.59. The molecule has 0 unspecified atom stereocenters. The van der Waals surface area contributed by atoms with Gasteiger partial charge in [0.2, 0.25) is 5.91 Å². The number of carbonyl (C=O) groups excluding carboxylic acids is 1. The van der Waals surface area contributed by atoms with Crippen molar-refractivity contribution in [3.63, 3.8) is 0 Å². The Kier molecular flexibility index (Phi) is 6.43. The largest absolute Gasteiger partial charge is 0.323 e. The normalized spacial score (nSPS) is 11.0. The first-order valence-corrected chi connectivity index (χ1v) is 12.4. The molecule has 174 valence electrons. The first kappa shape index (κ1) is 22.9. The van der Waals surface area contributed by atoms with Crippen molar-refractivity contribution in [2.75, 3.05) is 11.1 Å². The first-order valence-electron chi connectivity index (χ1n) is 10.5. The van der Waals surface area contributed by atoms with E-state index in [1.54, 1.807) is 48.5 Å². The third-order valence-corrected chi connectivity index (χ3v) is 7.04. The van der Waals surface area contributed by atoms with E-state index in [0.717, 1.165) is 11.8 Å². The number of carbonyl (C=O) groups is 1. The fourth-order valence-corrected chi connectivity index (χ4v) is 5.40. The number of anilines is 1. The zero-order valence-electron chi connectivity index (χ0n) is 18.1. The maximum Gasteiger partial charge on any atom is 0.268 e. The summed E-state index contributed by atoms with van der Waals surface area (Å²) >= 11 is 2.39. The molecule has 0 aliphatic heterocycles. The summed E-state index contributed by atoms with van der Waals surface area (Å²) in [6.45, 7) is 0. The molecule has 0 radical (unpaired) electrons. The maximum absolute atomic E-state index is 13.9. The number of benzene rings is 3. The Morgan fingerprint density at radius 2 is 1.69 bits per heavy atom. The number of thiophene rings is 1. The van der Waals surface area contributed by atoms with Gasteiger partial charge < -0.3 is 5.32 Å². The van der Waals surface area contributed by atoms with Gasteiger partial charge in [-0.3, -0.25) is 14.2 Å².